The van der Waals surface area contributed by atoms with Crippen molar-refractivity contribution in [3.8, 4) is 0 Å². The average molecular weight is 250 g/mol. The number of carbonyl (C=O) groups excluding carboxylic acids is 1. The van der Waals surface area contributed by atoms with Crippen LogP contribution in [0.2, 0.25) is 0 Å². The summed E-state index contributed by atoms with van der Waals surface area (Å²) in [5.74, 6) is -0.191. The summed E-state index contributed by atoms with van der Waals surface area (Å²) in [6.07, 6.45) is 0.339. The number of anilines is 1. The highest BCUT2D eigenvalue weighted by molar-refractivity contribution is 6.06. The Bertz CT molecular complexity index is 513. The maximum Gasteiger partial charge on any atom is 0.240 e. The van der Waals surface area contributed by atoms with Crippen molar-refractivity contribution >= 4 is 23.0 Å². The van der Waals surface area contributed by atoms with Gasteiger partial charge < -0.3 is 10.9 Å². The monoisotopic (exact) mass is 250 g/mol. The van der Waals surface area contributed by atoms with Gasteiger partial charge in [0.05, 0.1) is 11.4 Å². The topological polar surface area (TPSA) is 115 Å². The van der Waals surface area contributed by atoms with Crippen molar-refractivity contribution in [3.05, 3.63) is 29.0 Å². The van der Waals surface area contributed by atoms with Gasteiger partial charge in [0.25, 0.3) is 0 Å². The van der Waals surface area contributed by atoms with Gasteiger partial charge in [0.2, 0.25) is 5.91 Å². The summed E-state index contributed by atoms with van der Waals surface area (Å²) in [6.45, 7) is 1.87. The fraction of sp³-hybridized carbons (Fsp3) is 0.273. The number of rotatable bonds is 2. The predicted molar refractivity (Wildman–Crippen MR) is 65.1 cm³/mol. The molecule has 0 radical (unpaired) electrons. The Morgan fingerprint density at radius 2 is 2.33 bits per heavy atom. The number of nitrogens with zero attached hydrogens (tertiary/aromatic N) is 1. The molecule has 1 aromatic carbocycles. The van der Waals surface area contributed by atoms with E-state index in [4.69, 9.17) is 10.9 Å². The van der Waals surface area contributed by atoms with Crippen LogP contribution in [-0.4, -0.2) is 16.8 Å². The van der Waals surface area contributed by atoms with Crippen LogP contribution in [0.15, 0.2) is 23.3 Å². The van der Waals surface area contributed by atoms with Gasteiger partial charge in [-0.15, -0.1) is 0 Å². The number of amides is 1. The second-order valence-corrected chi connectivity index (χ2v) is 4.24. The van der Waals surface area contributed by atoms with Crippen LogP contribution in [0.4, 0.5) is 11.4 Å². The van der Waals surface area contributed by atoms with E-state index in [1.807, 2.05) is 6.92 Å². The van der Waals surface area contributed by atoms with E-state index in [1.165, 1.54) is 12.1 Å². The van der Waals surface area contributed by atoms with Crippen molar-refractivity contribution in [2.75, 3.05) is 5.73 Å². The normalized spacial score (nSPS) is 21.2. The van der Waals surface area contributed by atoms with E-state index < -0.39 is 5.23 Å². The number of nitrogen functional groups attached to an aromatic ring is 1. The molecule has 18 heavy (non-hydrogen) atoms. The number of hydrogen-bond acceptors (Lipinski definition) is 5. The highest BCUT2D eigenvalue weighted by Crippen LogP contribution is 2.21. The summed E-state index contributed by atoms with van der Waals surface area (Å²) in [4.78, 5) is 11.1. The molecule has 7 heteroatoms. The van der Waals surface area contributed by atoms with Crippen molar-refractivity contribution in [1.82, 2.24) is 5.43 Å². The van der Waals surface area contributed by atoms with Crippen LogP contribution >= 0.6 is 0 Å². The van der Waals surface area contributed by atoms with Crippen molar-refractivity contribution < 1.29 is 15.2 Å². The summed E-state index contributed by atoms with van der Waals surface area (Å²) in [6, 6.07) is 4.71. The van der Waals surface area contributed by atoms with Crippen LogP contribution in [0.3, 0.4) is 0 Å². The number of benzene rings is 1. The molecule has 7 nitrogen and oxygen atoms in total. The highest BCUT2D eigenvalue weighted by Gasteiger charge is 2.22. The van der Waals surface area contributed by atoms with Crippen LogP contribution in [0.5, 0.6) is 0 Å². The fourth-order valence-electron chi connectivity index (χ4n) is 1.90. The minimum absolute atomic E-state index is 0.0410. The second-order valence-electron chi connectivity index (χ2n) is 4.24. The number of quaternary nitrogens is 1. The van der Waals surface area contributed by atoms with Gasteiger partial charge in [0.1, 0.15) is 0 Å². The van der Waals surface area contributed by atoms with E-state index in [2.05, 4.69) is 10.5 Å². The summed E-state index contributed by atoms with van der Waals surface area (Å²) in [7, 11) is 0. The Balaban J connectivity index is 2.40. The van der Waals surface area contributed by atoms with E-state index >= 15 is 0 Å². The van der Waals surface area contributed by atoms with E-state index in [-0.39, 0.29) is 23.2 Å². The molecular formula is C11H14N4O3. The Labute approximate surface area is 103 Å². The lowest BCUT2D eigenvalue weighted by Gasteiger charge is -2.20. The Morgan fingerprint density at radius 1 is 1.61 bits per heavy atom. The number of hydrogen-bond donors (Lipinski definition) is 4. The lowest BCUT2D eigenvalue weighted by atomic mass is 9.93. The standard InChI is InChI=1S/C11H14N4O3/c1-6-4-10(16)13-14-11(6)7-2-3-8(12)9(5-7)15(17)18/h2-3,5-6,15,17H,4,12H2,1H3,(H,13,16). The van der Waals surface area contributed by atoms with Gasteiger partial charge in [0.15, 0.2) is 5.69 Å². The first kappa shape index (κ1) is 12.5. The predicted octanol–water partition coefficient (Wildman–Crippen LogP) is -0.468. The lowest BCUT2D eigenvalue weighted by Crippen LogP contribution is -2.99. The highest BCUT2D eigenvalue weighted by atomic mass is 16.8. The van der Waals surface area contributed by atoms with Crippen LogP contribution in [0.25, 0.3) is 0 Å². The third-order valence-electron chi connectivity index (χ3n) is 2.84. The van der Waals surface area contributed by atoms with Crippen molar-refractivity contribution in [2.45, 2.75) is 13.3 Å². The van der Waals surface area contributed by atoms with Crippen LogP contribution in [-0.2, 0) is 4.79 Å². The smallest absolute Gasteiger partial charge is 0.240 e. The first-order valence-electron chi connectivity index (χ1n) is 5.48. The Morgan fingerprint density at radius 3 is 2.94 bits per heavy atom. The number of nitrogens with two attached hydrogens (primary N) is 1. The zero-order valence-corrected chi connectivity index (χ0v) is 9.80. The lowest BCUT2D eigenvalue weighted by molar-refractivity contribution is -0.990. The Hall–Kier alpha value is -1.96. The molecule has 96 valence electrons. The Kier molecular flexibility index (Phi) is 3.28. The zero-order chi connectivity index (χ0) is 13.3. The quantitative estimate of drug-likeness (QED) is 0.419. The van der Waals surface area contributed by atoms with Gasteiger partial charge in [0, 0.05) is 24.0 Å². The molecule has 0 saturated carbocycles. The first-order chi connectivity index (χ1) is 8.49. The summed E-state index contributed by atoms with van der Waals surface area (Å²) in [5, 5.41) is 22.9. The number of hydrazone groups is 1. The molecule has 0 fully saturated rings. The van der Waals surface area contributed by atoms with E-state index in [0.717, 1.165) is 0 Å². The first-order valence-corrected chi connectivity index (χ1v) is 5.48. The summed E-state index contributed by atoms with van der Waals surface area (Å²) in [5.41, 5.74) is 9.55. The van der Waals surface area contributed by atoms with Gasteiger partial charge in [-0.3, -0.25) is 4.79 Å². The molecule has 0 saturated heterocycles. The third-order valence-corrected chi connectivity index (χ3v) is 2.84. The van der Waals surface area contributed by atoms with Crippen molar-refractivity contribution in [1.29, 1.82) is 0 Å². The van der Waals surface area contributed by atoms with E-state index in [0.29, 0.717) is 17.7 Å². The second kappa shape index (κ2) is 4.73. The largest absolute Gasteiger partial charge is 0.595 e. The molecule has 5 N–H and O–H groups in total. The third kappa shape index (κ3) is 2.33. The summed E-state index contributed by atoms with van der Waals surface area (Å²) >= 11 is 0. The van der Waals surface area contributed by atoms with Crippen LogP contribution < -0.4 is 16.4 Å². The van der Waals surface area contributed by atoms with E-state index in [1.54, 1.807) is 6.07 Å². The minimum Gasteiger partial charge on any atom is -0.595 e. The van der Waals surface area contributed by atoms with Gasteiger partial charge in [-0.2, -0.15) is 10.3 Å². The molecule has 2 unspecified atom stereocenters. The van der Waals surface area contributed by atoms with Gasteiger partial charge >= 0.3 is 0 Å². The maximum absolute atomic E-state index is 11.1. The molecule has 0 spiro atoms. The SMILES string of the molecule is CC1CC(=O)NN=C1c1ccc(N)c([NH+]([O-])O)c1. The number of nitrogens with one attached hydrogen (secondary N) is 2. The maximum atomic E-state index is 11.1. The van der Waals surface area contributed by atoms with E-state index in [9.17, 15) is 10.0 Å². The van der Waals surface area contributed by atoms with Crippen LogP contribution in [0.1, 0.15) is 18.9 Å². The number of carbonyl (C=O) groups is 1. The van der Waals surface area contributed by atoms with Crippen molar-refractivity contribution in [2.24, 2.45) is 11.0 Å². The molecule has 1 heterocycles. The van der Waals surface area contributed by atoms with Crippen molar-refractivity contribution in [3.63, 3.8) is 0 Å². The van der Waals surface area contributed by atoms with Gasteiger partial charge in [-0.25, -0.2) is 10.6 Å². The summed E-state index contributed by atoms with van der Waals surface area (Å²) < 4.78 is 0. The molecule has 0 aromatic heterocycles. The molecule has 1 aromatic rings. The van der Waals surface area contributed by atoms with Gasteiger partial charge in [-0.1, -0.05) is 13.0 Å². The zero-order valence-electron chi connectivity index (χ0n) is 9.80. The average Bonchev–Trinajstić information content (AvgIpc) is 2.30. The molecule has 0 aliphatic carbocycles. The molecule has 1 aliphatic heterocycles. The van der Waals surface area contributed by atoms with Crippen LogP contribution in [0, 0.1) is 11.1 Å². The molecule has 2 rings (SSSR count). The molecule has 0 bridgehead atoms. The van der Waals surface area contributed by atoms with Gasteiger partial charge in [-0.05, 0) is 6.07 Å². The fourth-order valence-corrected chi connectivity index (χ4v) is 1.90. The minimum atomic E-state index is -1.08. The molecule has 1 amide bonds. The molecular weight excluding hydrogens is 236 g/mol. The molecule has 2 atom stereocenters. The molecule has 1 aliphatic rings.